The standard InChI is InChI=1S/C20H30FN5O/c1-20(2,3)17-12-23-18(27-17)13-25-19(22-4)24-11-16(26(5)6)14-8-7-9-15(21)10-14/h7-10,12,16H,11,13H2,1-6H3,(H2,22,24,25). The fraction of sp³-hybridized carbons (Fsp3) is 0.500. The fourth-order valence-electron chi connectivity index (χ4n) is 2.62. The highest BCUT2D eigenvalue weighted by molar-refractivity contribution is 5.79. The molecule has 0 saturated heterocycles. The minimum absolute atomic E-state index is 0.00785. The lowest BCUT2D eigenvalue weighted by molar-refractivity contribution is 0.297. The van der Waals surface area contributed by atoms with Crippen molar-refractivity contribution in [2.45, 2.75) is 38.8 Å². The quantitative estimate of drug-likeness (QED) is 0.600. The number of nitrogens with one attached hydrogen (secondary N) is 2. The third kappa shape index (κ3) is 6.06. The Labute approximate surface area is 160 Å². The van der Waals surface area contributed by atoms with Crippen molar-refractivity contribution in [3.05, 3.63) is 53.5 Å². The van der Waals surface area contributed by atoms with Crippen LogP contribution in [0, 0.1) is 5.82 Å². The van der Waals surface area contributed by atoms with Crippen LogP contribution in [0.4, 0.5) is 4.39 Å². The van der Waals surface area contributed by atoms with Gasteiger partial charge in [-0.25, -0.2) is 9.37 Å². The molecule has 7 heteroatoms. The molecule has 0 spiro atoms. The van der Waals surface area contributed by atoms with Gasteiger partial charge < -0.3 is 20.0 Å². The molecule has 0 aliphatic heterocycles. The monoisotopic (exact) mass is 375 g/mol. The zero-order valence-electron chi connectivity index (χ0n) is 17.0. The zero-order chi connectivity index (χ0) is 20.0. The maximum absolute atomic E-state index is 13.6. The van der Waals surface area contributed by atoms with Crippen molar-refractivity contribution < 1.29 is 8.81 Å². The van der Waals surface area contributed by atoms with E-state index in [0.717, 1.165) is 11.3 Å². The van der Waals surface area contributed by atoms with Gasteiger partial charge in [-0.05, 0) is 31.8 Å². The molecule has 0 saturated carbocycles. The number of halogens is 1. The van der Waals surface area contributed by atoms with Crippen LogP contribution in [0.2, 0.25) is 0 Å². The number of aromatic nitrogens is 1. The van der Waals surface area contributed by atoms with Crippen LogP contribution >= 0.6 is 0 Å². The average Bonchev–Trinajstić information content (AvgIpc) is 3.07. The van der Waals surface area contributed by atoms with Gasteiger partial charge >= 0.3 is 0 Å². The molecule has 6 nitrogen and oxygen atoms in total. The minimum Gasteiger partial charge on any atom is -0.443 e. The van der Waals surface area contributed by atoms with Gasteiger partial charge in [-0.3, -0.25) is 4.99 Å². The van der Waals surface area contributed by atoms with Crippen LogP contribution in [0.1, 0.15) is 44.0 Å². The van der Waals surface area contributed by atoms with Crippen LogP contribution in [0.25, 0.3) is 0 Å². The fourth-order valence-corrected chi connectivity index (χ4v) is 2.62. The van der Waals surface area contributed by atoms with Crippen molar-refractivity contribution in [2.24, 2.45) is 4.99 Å². The third-order valence-corrected chi connectivity index (χ3v) is 4.24. The average molecular weight is 375 g/mol. The molecule has 27 heavy (non-hydrogen) atoms. The van der Waals surface area contributed by atoms with E-state index < -0.39 is 0 Å². The summed E-state index contributed by atoms with van der Waals surface area (Å²) in [6, 6.07) is 6.67. The number of nitrogens with zero attached hydrogens (tertiary/aromatic N) is 3. The maximum Gasteiger partial charge on any atom is 0.213 e. The Hall–Kier alpha value is -2.41. The first kappa shape index (κ1) is 20.9. The molecular formula is C20H30FN5O. The molecule has 148 valence electrons. The molecule has 0 fully saturated rings. The minimum atomic E-state index is -0.236. The van der Waals surface area contributed by atoms with Crippen LogP contribution in [-0.2, 0) is 12.0 Å². The Bertz CT molecular complexity index is 764. The van der Waals surface area contributed by atoms with Crippen LogP contribution in [0.5, 0.6) is 0 Å². The van der Waals surface area contributed by atoms with Gasteiger partial charge in [0.2, 0.25) is 5.89 Å². The third-order valence-electron chi connectivity index (χ3n) is 4.24. The molecule has 0 aliphatic rings. The van der Waals surface area contributed by atoms with Crippen LogP contribution in [0.3, 0.4) is 0 Å². The number of hydrogen-bond donors (Lipinski definition) is 2. The van der Waals surface area contributed by atoms with Crippen molar-refractivity contribution >= 4 is 5.96 Å². The molecule has 1 aromatic heterocycles. The van der Waals surface area contributed by atoms with Crippen molar-refractivity contribution in [1.82, 2.24) is 20.5 Å². The second kappa shape index (κ2) is 8.99. The number of rotatable bonds is 6. The first-order valence-electron chi connectivity index (χ1n) is 9.02. The van der Waals surface area contributed by atoms with Gasteiger partial charge in [-0.1, -0.05) is 32.9 Å². The number of oxazole rings is 1. The Kier molecular flexibility index (Phi) is 6.96. The van der Waals surface area contributed by atoms with Gasteiger partial charge in [0.05, 0.1) is 18.8 Å². The first-order chi connectivity index (χ1) is 12.7. The van der Waals surface area contributed by atoms with Gasteiger partial charge in [-0.2, -0.15) is 0 Å². The topological polar surface area (TPSA) is 65.7 Å². The van der Waals surface area contributed by atoms with Crippen molar-refractivity contribution in [3.8, 4) is 0 Å². The molecule has 0 amide bonds. The Morgan fingerprint density at radius 1 is 1.30 bits per heavy atom. The summed E-state index contributed by atoms with van der Waals surface area (Å²) in [6.45, 7) is 7.26. The molecule has 0 radical (unpaired) electrons. The summed E-state index contributed by atoms with van der Waals surface area (Å²) in [5.41, 5.74) is 0.834. The van der Waals surface area contributed by atoms with Crippen LogP contribution in [0.15, 0.2) is 39.9 Å². The highest BCUT2D eigenvalue weighted by atomic mass is 19.1. The predicted octanol–water partition coefficient (Wildman–Crippen LogP) is 3.08. The summed E-state index contributed by atoms with van der Waals surface area (Å²) in [4.78, 5) is 10.6. The van der Waals surface area contributed by atoms with Gasteiger partial charge in [0.25, 0.3) is 0 Å². The zero-order valence-corrected chi connectivity index (χ0v) is 17.0. The Morgan fingerprint density at radius 3 is 2.59 bits per heavy atom. The lowest BCUT2D eigenvalue weighted by Gasteiger charge is -2.26. The van der Waals surface area contributed by atoms with E-state index in [1.54, 1.807) is 25.4 Å². The van der Waals surface area contributed by atoms with E-state index in [9.17, 15) is 4.39 Å². The molecule has 2 rings (SSSR count). The molecular weight excluding hydrogens is 345 g/mol. The lowest BCUT2D eigenvalue weighted by Crippen LogP contribution is -2.41. The maximum atomic E-state index is 13.6. The van der Waals surface area contributed by atoms with Crippen LogP contribution in [-0.4, -0.2) is 43.5 Å². The van der Waals surface area contributed by atoms with Gasteiger partial charge in [0, 0.05) is 19.0 Å². The predicted molar refractivity (Wildman–Crippen MR) is 106 cm³/mol. The summed E-state index contributed by atoms with van der Waals surface area (Å²) >= 11 is 0. The number of aliphatic imine (C=N–C) groups is 1. The smallest absolute Gasteiger partial charge is 0.213 e. The van der Waals surface area contributed by atoms with E-state index in [0.29, 0.717) is 24.9 Å². The molecule has 1 unspecified atom stereocenters. The Balaban J connectivity index is 1.95. The van der Waals surface area contributed by atoms with E-state index >= 15 is 0 Å². The first-order valence-corrected chi connectivity index (χ1v) is 9.02. The van der Waals surface area contributed by atoms with Crippen molar-refractivity contribution in [2.75, 3.05) is 27.7 Å². The highest BCUT2D eigenvalue weighted by Gasteiger charge is 2.19. The van der Waals surface area contributed by atoms with Crippen molar-refractivity contribution in [1.29, 1.82) is 0 Å². The van der Waals surface area contributed by atoms with E-state index in [1.807, 2.05) is 25.1 Å². The molecule has 1 aromatic carbocycles. The van der Waals surface area contributed by atoms with Crippen LogP contribution < -0.4 is 10.6 Å². The van der Waals surface area contributed by atoms with E-state index in [-0.39, 0.29) is 17.3 Å². The molecule has 1 heterocycles. The summed E-state index contributed by atoms with van der Waals surface area (Å²) in [5, 5.41) is 6.48. The largest absolute Gasteiger partial charge is 0.443 e. The van der Waals surface area contributed by atoms with E-state index in [2.05, 4.69) is 41.4 Å². The van der Waals surface area contributed by atoms with E-state index in [4.69, 9.17) is 4.42 Å². The number of likely N-dealkylation sites (N-methyl/N-ethyl adjacent to an activating group) is 1. The summed E-state index contributed by atoms with van der Waals surface area (Å²) < 4.78 is 19.3. The molecule has 2 aromatic rings. The SMILES string of the molecule is CN=C(NCc1ncc(C(C)(C)C)o1)NCC(c1cccc(F)c1)N(C)C. The second-order valence-electron chi connectivity index (χ2n) is 7.71. The van der Waals surface area contributed by atoms with Gasteiger partial charge in [0.1, 0.15) is 11.6 Å². The molecule has 1 atom stereocenters. The number of guanidine groups is 1. The molecule has 0 aliphatic carbocycles. The molecule has 0 bridgehead atoms. The molecule has 2 N–H and O–H groups in total. The van der Waals surface area contributed by atoms with Crippen molar-refractivity contribution in [3.63, 3.8) is 0 Å². The normalized spacial score (nSPS) is 13.7. The summed E-state index contributed by atoms with van der Waals surface area (Å²) in [5.74, 6) is 1.85. The summed E-state index contributed by atoms with van der Waals surface area (Å²) in [7, 11) is 5.64. The Morgan fingerprint density at radius 2 is 2.04 bits per heavy atom. The second-order valence-corrected chi connectivity index (χ2v) is 7.71. The van der Waals surface area contributed by atoms with Gasteiger partial charge in [-0.15, -0.1) is 0 Å². The number of hydrogen-bond acceptors (Lipinski definition) is 4. The van der Waals surface area contributed by atoms with Gasteiger partial charge in [0.15, 0.2) is 5.96 Å². The van der Waals surface area contributed by atoms with E-state index in [1.165, 1.54) is 6.07 Å². The number of benzene rings is 1. The summed E-state index contributed by atoms with van der Waals surface area (Å²) in [6.07, 6.45) is 1.76. The lowest BCUT2D eigenvalue weighted by atomic mass is 9.94. The highest BCUT2D eigenvalue weighted by Crippen LogP contribution is 2.22.